The van der Waals surface area contributed by atoms with Crippen molar-refractivity contribution >= 4 is 0 Å². The summed E-state index contributed by atoms with van der Waals surface area (Å²) in [5.74, 6) is 1.80. The molecule has 0 saturated heterocycles. The van der Waals surface area contributed by atoms with Crippen LogP contribution in [-0.4, -0.2) is 19.2 Å². The molecular formula is C16H25NO. The van der Waals surface area contributed by atoms with E-state index in [2.05, 4.69) is 43.4 Å². The van der Waals surface area contributed by atoms with Crippen LogP contribution in [0.1, 0.15) is 38.7 Å². The zero-order valence-corrected chi connectivity index (χ0v) is 11.8. The van der Waals surface area contributed by atoms with E-state index in [-0.39, 0.29) is 0 Å². The highest BCUT2D eigenvalue weighted by Gasteiger charge is 2.29. The second kappa shape index (κ2) is 6.24. The van der Waals surface area contributed by atoms with Crippen LogP contribution in [0.4, 0.5) is 0 Å². The Labute approximate surface area is 111 Å². The highest BCUT2D eigenvalue weighted by Crippen LogP contribution is 2.26. The van der Waals surface area contributed by atoms with Crippen molar-refractivity contribution in [3.05, 3.63) is 29.8 Å². The van der Waals surface area contributed by atoms with Gasteiger partial charge in [-0.2, -0.15) is 0 Å². The Hall–Kier alpha value is -1.02. The molecule has 0 radical (unpaired) electrons. The summed E-state index contributed by atoms with van der Waals surface area (Å²) in [7, 11) is 2.02. The maximum Gasteiger partial charge on any atom is 0.119 e. The van der Waals surface area contributed by atoms with Gasteiger partial charge in [0, 0.05) is 6.04 Å². The van der Waals surface area contributed by atoms with E-state index in [4.69, 9.17) is 4.74 Å². The number of rotatable bonds is 6. The standard InChI is InChI=1S/C16H25NO/c1-12(2)7-8-13-5-4-6-15(9-13)18-16-10-14(11-16)17-3/h4-6,9,12,14,16-17H,7-8,10-11H2,1-3H3/t14-,16+. The lowest BCUT2D eigenvalue weighted by molar-refractivity contribution is 0.0884. The number of ether oxygens (including phenoxy) is 1. The quantitative estimate of drug-likeness (QED) is 0.832. The lowest BCUT2D eigenvalue weighted by Crippen LogP contribution is -2.45. The van der Waals surface area contributed by atoms with Crippen molar-refractivity contribution in [1.29, 1.82) is 0 Å². The van der Waals surface area contributed by atoms with Crippen LogP contribution in [0.25, 0.3) is 0 Å². The van der Waals surface area contributed by atoms with Gasteiger partial charge in [-0.25, -0.2) is 0 Å². The van der Waals surface area contributed by atoms with Gasteiger partial charge in [0.25, 0.3) is 0 Å². The zero-order valence-electron chi connectivity index (χ0n) is 11.8. The lowest BCUT2D eigenvalue weighted by Gasteiger charge is -2.35. The van der Waals surface area contributed by atoms with Gasteiger partial charge in [-0.3, -0.25) is 0 Å². The molecule has 100 valence electrons. The van der Waals surface area contributed by atoms with Crippen molar-refractivity contribution in [1.82, 2.24) is 5.32 Å². The molecule has 0 amide bonds. The van der Waals surface area contributed by atoms with Crippen LogP contribution < -0.4 is 10.1 Å². The van der Waals surface area contributed by atoms with E-state index in [0.29, 0.717) is 12.1 Å². The fraction of sp³-hybridized carbons (Fsp3) is 0.625. The Morgan fingerprint density at radius 1 is 1.33 bits per heavy atom. The summed E-state index contributed by atoms with van der Waals surface area (Å²) in [6.45, 7) is 4.54. The molecule has 2 nitrogen and oxygen atoms in total. The molecule has 0 aliphatic heterocycles. The van der Waals surface area contributed by atoms with Crippen LogP contribution in [0.15, 0.2) is 24.3 Å². The van der Waals surface area contributed by atoms with E-state index in [0.717, 1.165) is 30.9 Å². The summed E-state index contributed by atoms with van der Waals surface area (Å²) in [5.41, 5.74) is 1.39. The van der Waals surface area contributed by atoms with Crippen molar-refractivity contribution in [2.75, 3.05) is 7.05 Å². The van der Waals surface area contributed by atoms with Gasteiger partial charge in [0.2, 0.25) is 0 Å². The van der Waals surface area contributed by atoms with Crippen LogP contribution in [0.3, 0.4) is 0 Å². The first-order valence-corrected chi connectivity index (χ1v) is 7.10. The van der Waals surface area contributed by atoms with Gasteiger partial charge in [0.05, 0.1) is 0 Å². The maximum atomic E-state index is 5.99. The van der Waals surface area contributed by atoms with Gasteiger partial charge in [0.1, 0.15) is 11.9 Å². The van der Waals surface area contributed by atoms with Gasteiger partial charge < -0.3 is 10.1 Å². The summed E-state index contributed by atoms with van der Waals surface area (Å²) in [5, 5.41) is 3.28. The molecule has 18 heavy (non-hydrogen) atoms. The fourth-order valence-corrected chi connectivity index (χ4v) is 2.32. The topological polar surface area (TPSA) is 21.3 Å². The molecule has 0 aromatic heterocycles. The SMILES string of the molecule is CN[C@H]1C[C@@H](Oc2cccc(CCC(C)C)c2)C1. The molecule has 1 aliphatic rings. The molecule has 2 heteroatoms. The molecule has 0 heterocycles. The monoisotopic (exact) mass is 247 g/mol. The molecule has 0 bridgehead atoms. The minimum atomic E-state index is 0.405. The normalized spacial score (nSPS) is 22.9. The van der Waals surface area contributed by atoms with Crippen molar-refractivity contribution in [3.63, 3.8) is 0 Å². The van der Waals surface area contributed by atoms with Crippen molar-refractivity contribution < 1.29 is 4.74 Å². The van der Waals surface area contributed by atoms with Crippen LogP contribution in [0.2, 0.25) is 0 Å². The summed E-state index contributed by atoms with van der Waals surface area (Å²) >= 11 is 0. The van der Waals surface area contributed by atoms with Crippen molar-refractivity contribution in [3.8, 4) is 5.75 Å². The summed E-state index contributed by atoms with van der Waals surface area (Å²) in [6, 6.07) is 9.24. The molecule has 2 rings (SSSR count). The second-order valence-corrected chi connectivity index (χ2v) is 5.78. The molecule has 0 unspecified atom stereocenters. The van der Waals surface area contributed by atoms with Gasteiger partial charge in [0.15, 0.2) is 0 Å². The molecule has 0 atom stereocenters. The first-order valence-electron chi connectivity index (χ1n) is 7.10. The zero-order chi connectivity index (χ0) is 13.0. The molecule has 1 aromatic rings. The van der Waals surface area contributed by atoms with E-state index in [9.17, 15) is 0 Å². The Morgan fingerprint density at radius 3 is 2.78 bits per heavy atom. The lowest BCUT2D eigenvalue weighted by atomic mass is 9.89. The average molecular weight is 247 g/mol. The highest BCUT2D eigenvalue weighted by atomic mass is 16.5. The second-order valence-electron chi connectivity index (χ2n) is 5.78. The Balaban J connectivity index is 1.84. The van der Waals surface area contributed by atoms with Crippen LogP contribution in [0.5, 0.6) is 5.75 Å². The molecule has 0 spiro atoms. The molecule has 1 N–H and O–H groups in total. The van der Waals surface area contributed by atoms with Crippen LogP contribution in [0, 0.1) is 5.92 Å². The first-order chi connectivity index (χ1) is 8.67. The fourth-order valence-electron chi connectivity index (χ4n) is 2.32. The smallest absolute Gasteiger partial charge is 0.119 e. The molecule has 1 aliphatic carbocycles. The molecule has 1 saturated carbocycles. The Kier molecular flexibility index (Phi) is 4.65. The minimum Gasteiger partial charge on any atom is -0.490 e. The predicted molar refractivity (Wildman–Crippen MR) is 76.1 cm³/mol. The van der Waals surface area contributed by atoms with Gasteiger partial charge in [-0.1, -0.05) is 26.0 Å². The van der Waals surface area contributed by atoms with E-state index in [1.54, 1.807) is 0 Å². The first kappa shape index (κ1) is 13.4. The van der Waals surface area contributed by atoms with Crippen molar-refractivity contribution in [2.45, 2.75) is 51.7 Å². The average Bonchev–Trinajstić information content (AvgIpc) is 2.31. The summed E-state index contributed by atoms with van der Waals surface area (Å²) < 4.78 is 5.99. The minimum absolute atomic E-state index is 0.405. The number of benzene rings is 1. The summed E-state index contributed by atoms with van der Waals surface area (Å²) in [4.78, 5) is 0. The molecular weight excluding hydrogens is 222 g/mol. The van der Waals surface area contributed by atoms with Crippen molar-refractivity contribution in [2.24, 2.45) is 5.92 Å². The third-order valence-corrected chi connectivity index (χ3v) is 3.71. The number of hydrogen-bond acceptors (Lipinski definition) is 2. The Bertz CT molecular complexity index is 369. The van der Waals surface area contributed by atoms with Gasteiger partial charge >= 0.3 is 0 Å². The van der Waals surface area contributed by atoms with Gasteiger partial charge in [-0.05, 0) is 56.3 Å². The highest BCUT2D eigenvalue weighted by molar-refractivity contribution is 5.29. The largest absolute Gasteiger partial charge is 0.490 e. The van der Waals surface area contributed by atoms with Gasteiger partial charge in [-0.15, -0.1) is 0 Å². The van der Waals surface area contributed by atoms with E-state index in [1.807, 2.05) is 7.05 Å². The molecule has 1 fully saturated rings. The summed E-state index contributed by atoms with van der Waals surface area (Å²) in [6.07, 6.45) is 5.06. The number of nitrogens with one attached hydrogen (secondary N) is 1. The molecule has 1 aromatic carbocycles. The third-order valence-electron chi connectivity index (χ3n) is 3.71. The van der Waals surface area contributed by atoms with E-state index >= 15 is 0 Å². The van der Waals surface area contributed by atoms with Crippen LogP contribution in [-0.2, 0) is 6.42 Å². The van der Waals surface area contributed by atoms with Crippen LogP contribution >= 0.6 is 0 Å². The van der Waals surface area contributed by atoms with E-state index in [1.165, 1.54) is 12.0 Å². The third kappa shape index (κ3) is 3.74. The predicted octanol–water partition coefficient (Wildman–Crippen LogP) is 3.40. The number of aryl methyl sites for hydroxylation is 1. The number of hydrogen-bond donors (Lipinski definition) is 1. The van der Waals surface area contributed by atoms with E-state index < -0.39 is 0 Å². The maximum absolute atomic E-state index is 5.99. The Morgan fingerprint density at radius 2 is 2.11 bits per heavy atom.